The van der Waals surface area contributed by atoms with Crippen molar-refractivity contribution in [2.24, 2.45) is 0 Å². The van der Waals surface area contributed by atoms with Gasteiger partial charge < -0.3 is 15.4 Å². The molecule has 8 nitrogen and oxygen atoms in total. The molecule has 124 valence electrons. The summed E-state index contributed by atoms with van der Waals surface area (Å²) in [7, 11) is 1.56. The van der Waals surface area contributed by atoms with Crippen molar-refractivity contribution >= 4 is 17.5 Å². The van der Waals surface area contributed by atoms with Crippen molar-refractivity contribution in [2.45, 2.75) is 6.42 Å². The molecule has 0 aliphatic rings. The zero-order valence-electron chi connectivity index (χ0n) is 13.2. The smallest absolute Gasteiger partial charge is 0.271 e. The van der Waals surface area contributed by atoms with Gasteiger partial charge in [0.2, 0.25) is 5.91 Å². The molecule has 0 radical (unpaired) electrons. The van der Waals surface area contributed by atoms with Crippen molar-refractivity contribution in [1.82, 2.24) is 15.1 Å². The van der Waals surface area contributed by atoms with Crippen LogP contribution in [0.1, 0.15) is 16.9 Å². The highest BCUT2D eigenvalue weighted by Gasteiger charge is 2.09. The summed E-state index contributed by atoms with van der Waals surface area (Å²) in [5, 5.41) is 18.0. The quantitative estimate of drug-likeness (QED) is 0.740. The van der Waals surface area contributed by atoms with Crippen LogP contribution in [0.2, 0.25) is 0 Å². The Morgan fingerprint density at radius 2 is 2.04 bits per heavy atom. The van der Waals surface area contributed by atoms with Crippen LogP contribution in [0.3, 0.4) is 0 Å². The standard InChI is InChI=1S/C16H17N5O3/c1-24-11-9-18-16(23)14-7-10-21(20-14)13-4-2-12(3-5-13)19-15(22)6-8-17/h2-5,7,10H,6,9,11H2,1H3,(H,18,23)(H,19,22). The van der Waals surface area contributed by atoms with Gasteiger partial charge in [0.15, 0.2) is 5.69 Å². The number of methoxy groups -OCH3 is 1. The van der Waals surface area contributed by atoms with Gasteiger partial charge in [0.25, 0.3) is 5.91 Å². The number of carbonyl (C=O) groups is 2. The van der Waals surface area contributed by atoms with Gasteiger partial charge in [-0.15, -0.1) is 0 Å². The highest BCUT2D eigenvalue weighted by Crippen LogP contribution is 2.13. The topological polar surface area (TPSA) is 109 Å². The molecular weight excluding hydrogens is 310 g/mol. The van der Waals surface area contributed by atoms with Crippen molar-refractivity contribution in [3.63, 3.8) is 0 Å². The Labute approximate surface area is 139 Å². The first kappa shape index (κ1) is 17.2. The van der Waals surface area contributed by atoms with Gasteiger partial charge in [-0.3, -0.25) is 9.59 Å². The summed E-state index contributed by atoms with van der Waals surface area (Å²) in [4.78, 5) is 23.2. The Bertz CT molecular complexity index is 746. The number of ether oxygens (including phenoxy) is 1. The SMILES string of the molecule is COCCNC(=O)c1ccn(-c2ccc(NC(=O)CC#N)cc2)n1. The lowest BCUT2D eigenvalue weighted by Crippen LogP contribution is -2.27. The first-order valence-corrected chi connectivity index (χ1v) is 7.24. The number of carbonyl (C=O) groups excluding carboxylic acids is 2. The van der Waals surface area contributed by atoms with Crippen LogP contribution >= 0.6 is 0 Å². The number of nitrogens with zero attached hydrogens (tertiary/aromatic N) is 3. The number of nitriles is 1. The van der Waals surface area contributed by atoms with Gasteiger partial charge in [-0.2, -0.15) is 10.4 Å². The van der Waals surface area contributed by atoms with E-state index >= 15 is 0 Å². The molecule has 2 amide bonds. The van der Waals surface area contributed by atoms with Crippen molar-refractivity contribution in [3.05, 3.63) is 42.2 Å². The molecule has 0 aliphatic carbocycles. The molecule has 2 N–H and O–H groups in total. The van der Waals surface area contributed by atoms with Gasteiger partial charge in [-0.05, 0) is 30.3 Å². The maximum Gasteiger partial charge on any atom is 0.271 e. The van der Waals surface area contributed by atoms with E-state index in [-0.39, 0.29) is 18.2 Å². The first-order chi connectivity index (χ1) is 11.6. The second-order valence-corrected chi connectivity index (χ2v) is 4.82. The minimum absolute atomic E-state index is 0.192. The second kappa shape index (κ2) is 8.45. The Balaban J connectivity index is 2.01. The number of hydrogen-bond acceptors (Lipinski definition) is 5. The third kappa shape index (κ3) is 4.66. The normalized spacial score (nSPS) is 10.0. The maximum atomic E-state index is 11.9. The molecule has 0 fully saturated rings. The molecule has 0 aliphatic heterocycles. The predicted molar refractivity (Wildman–Crippen MR) is 86.6 cm³/mol. The third-order valence-corrected chi connectivity index (χ3v) is 3.07. The summed E-state index contributed by atoms with van der Waals surface area (Å²) in [6.45, 7) is 0.852. The first-order valence-electron chi connectivity index (χ1n) is 7.24. The Morgan fingerprint density at radius 3 is 2.71 bits per heavy atom. The lowest BCUT2D eigenvalue weighted by atomic mass is 10.2. The Hall–Kier alpha value is -3.18. The van der Waals surface area contributed by atoms with Crippen LogP contribution in [0, 0.1) is 11.3 Å². The molecule has 0 saturated carbocycles. The van der Waals surface area contributed by atoms with E-state index in [4.69, 9.17) is 10.00 Å². The monoisotopic (exact) mass is 327 g/mol. The van der Waals surface area contributed by atoms with Gasteiger partial charge in [0.1, 0.15) is 6.42 Å². The Morgan fingerprint density at radius 1 is 1.29 bits per heavy atom. The molecule has 1 aromatic carbocycles. The van der Waals surface area contributed by atoms with Crippen LogP contribution in [0.5, 0.6) is 0 Å². The fraction of sp³-hybridized carbons (Fsp3) is 0.250. The number of hydrogen-bond donors (Lipinski definition) is 2. The number of benzene rings is 1. The summed E-state index contributed by atoms with van der Waals surface area (Å²) in [6, 6.07) is 10.3. The van der Waals surface area contributed by atoms with Gasteiger partial charge in [0, 0.05) is 25.5 Å². The number of anilines is 1. The zero-order valence-corrected chi connectivity index (χ0v) is 13.2. The van der Waals surface area contributed by atoms with Crippen LogP contribution in [0.25, 0.3) is 5.69 Å². The molecule has 0 saturated heterocycles. The van der Waals surface area contributed by atoms with Crippen LogP contribution in [-0.2, 0) is 9.53 Å². The van der Waals surface area contributed by atoms with Gasteiger partial charge in [-0.1, -0.05) is 0 Å². The lowest BCUT2D eigenvalue weighted by molar-refractivity contribution is -0.115. The van der Waals surface area contributed by atoms with Crippen molar-refractivity contribution in [3.8, 4) is 11.8 Å². The molecule has 8 heteroatoms. The molecule has 0 atom stereocenters. The summed E-state index contributed by atoms with van der Waals surface area (Å²) < 4.78 is 6.43. The van der Waals surface area contributed by atoms with Gasteiger partial charge in [0.05, 0.1) is 18.4 Å². The molecule has 1 aromatic heterocycles. The largest absolute Gasteiger partial charge is 0.383 e. The minimum atomic E-state index is -0.362. The zero-order chi connectivity index (χ0) is 17.4. The molecule has 24 heavy (non-hydrogen) atoms. The number of amides is 2. The maximum absolute atomic E-state index is 11.9. The van der Waals surface area contributed by atoms with Crippen LogP contribution in [0.4, 0.5) is 5.69 Å². The average Bonchev–Trinajstić information content (AvgIpc) is 3.06. The predicted octanol–water partition coefficient (Wildman–Crippen LogP) is 1.10. The Kier molecular flexibility index (Phi) is 6.05. The van der Waals surface area contributed by atoms with Crippen LogP contribution in [0.15, 0.2) is 36.5 Å². The molecule has 1 heterocycles. The van der Waals surface area contributed by atoms with E-state index in [1.54, 1.807) is 54.4 Å². The molecular formula is C16H17N5O3. The van der Waals surface area contributed by atoms with Crippen molar-refractivity contribution in [2.75, 3.05) is 25.6 Å². The van der Waals surface area contributed by atoms with Crippen molar-refractivity contribution in [1.29, 1.82) is 5.26 Å². The average molecular weight is 327 g/mol. The van der Waals surface area contributed by atoms with Crippen LogP contribution in [-0.4, -0.2) is 41.9 Å². The minimum Gasteiger partial charge on any atom is -0.383 e. The van der Waals surface area contributed by atoms with E-state index in [1.807, 2.05) is 0 Å². The fourth-order valence-electron chi connectivity index (χ4n) is 1.92. The molecule has 2 rings (SSSR count). The molecule has 0 spiro atoms. The van der Waals surface area contributed by atoms with Gasteiger partial charge in [-0.25, -0.2) is 4.68 Å². The van der Waals surface area contributed by atoms with E-state index in [0.717, 1.165) is 5.69 Å². The summed E-state index contributed by atoms with van der Waals surface area (Å²) in [6.07, 6.45) is 1.48. The summed E-state index contributed by atoms with van der Waals surface area (Å²) in [5.41, 5.74) is 1.63. The van der Waals surface area contributed by atoms with Crippen LogP contribution < -0.4 is 10.6 Å². The van der Waals surface area contributed by atoms with E-state index in [2.05, 4.69) is 15.7 Å². The van der Waals surface area contributed by atoms with E-state index in [1.165, 1.54) is 0 Å². The number of aromatic nitrogens is 2. The molecule has 0 bridgehead atoms. The fourth-order valence-corrected chi connectivity index (χ4v) is 1.92. The van der Waals surface area contributed by atoms with E-state index in [9.17, 15) is 9.59 Å². The molecule has 0 unspecified atom stereocenters. The highest BCUT2D eigenvalue weighted by atomic mass is 16.5. The second-order valence-electron chi connectivity index (χ2n) is 4.82. The molecule has 2 aromatic rings. The van der Waals surface area contributed by atoms with Gasteiger partial charge >= 0.3 is 0 Å². The van der Waals surface area contributed by atoms with Crippen molar-refractivity contribution < 1.29 is 14.3 Å². The summed E-state index contributed by atoms with van der Waals surface area (Å²) in [5.74, 6) is -0.634. The third-order valence-electron chi connectivity index (χ3n) is 3.07. The van der Waals surface area contributed by atoms with E-state index < -0.39 is 0 Å². The van der Waals surface area contributed by atoms with E-state index in [0.29, 0.717) is 24.5 Å². The summed E-state index contributed by atoms with van der Waals surface area (Å²) >= 11 is 0. The number of nitrogens with one attached hydrogen (secondary N) is 2. The number of rotatable bonds is 7. The lowest BCUT2D eigenvalue weighted by Gasteiger charge is -2.05. The highest BCUT2D eigenvalue weighted by molar-refractivity contribution is 5.92.